The van der Waals surface area contributed by atoms with Gasteiger partial charge in [-0.2, -0.15) is 0 Å². The van der Waals surface area contributed by atoms with Crippen LogP contribution in [0.1, 0.15) is 81.3 Å². The first-order valence-electron chi connectivity index (χ1n) is 13.6. The summed E-state index contributed by atoms with van der Waals surface area (Å²) in [6.45, 7) is 8.82. The lowest BCUT2D eigenvalue weighted by atomic mass is 9.61. The topological polar surface area (TPSA) is 34.1 Å². The van der Waals surface area contributed by atoms with Gasteiger partial charge in [-0.1, -0.05) is 27.7 Å². The van der Waals surface area contributed by atoms with Crippen LogP contribution in [0.25, 0.3) is 40.3 Å². The number of carbonyl (C=O) groups is 2. The smallest absolute Gasteiger partial charge is 0.211 e. The second-order valence-electron chi connectivity index (χ2n) is 10.5. The van der Waals surface area contributed by atoms with Gasteiger partial charge in [0.1, 0.15) is 0 Å². The molecule has 6 aromatic rings. The molecular weight excluding hydrogens is 545 g/mol. The summed E-state index contributed by atoms with van der Waals surface area (Å²) in [5.41, 5.74) is 4.57. The van der Waals surface area contributed by atoms with Crippen molar-refractivity contribution in [2.24, 2.45) is 0 Å². The third-order valence-electron chi connectivity index (χ3n) is 8.59. The summed E-state index contributed by atoms with van der Waals surface area (Å²) in [5, 5.41) is 5.09. The summed E-state index contributed by atoms with van der Waals surface area (Å²) in [6, 6.07) is 9.37. The number of ketones is 2. The zero-order valence-electron chi connectivity index (χ0n) is 21.7. The van der Waals surface area contributed by atoms with Crippen molar-refractivity contribution in [3.05, 3.63) is 66.0 Å². The number of benzene rings is 2. The fraction of sp³-hybridized carbons (Fsp3) is 0.312. The lowest BCUT2D eigenvalue weighted by Gasteiger charge is -2.39. The normalized spacial score (nSPS) is 18.5. The molecule has 3 aliphatic carbocycles. The zero-order valence-corrected chi connectivity index (χ0v) is 25.0. The van der Waals surface area contributed by atoms with Crippen LogP contribution in [0.5, 0.6) is 0 Å². The van der Waals surface area contributed by atoms with Crippen molar-refractivity contribution in [3.63, 3.8) is 0 Å². The minimum atomic E-state index is -0.498. The SMILES string of the molecule is CCc1cc2c(s1)c1c(c3sc(CC)cc32)C2C(=O)C(=O)C1c1c2c2sc(CC)cc2c2cc(CC)sc12. The van der Waals surface area contributed by atoms with Gasteiger partial charge in [-0.15, -0.1) is 45.3 Å². The molecule has 0 fully saturated rings. The lowest BCUT2D eigenvalue weighted by Crippen LogP contribution is -2.41. The molecule has 0 unspecified atom stereocenters. The van der Waals surface area contributed by atoms with Gasteiger partial charge in [0, 0.05) is 59.9 Å². The second-order valence-corrected chi connectivity index (χ2v) is 15.0. The van der Waals surface area contributed by atoms with Crippen molar-refractivity contribution >= 4 is 97.3 Å². The van der Waals surface area contributed by atoms with Crippen LogP contribution in [0.2, 0.25) is 0 Å². The number of Topliss-reactive ketones (excluding diaryl/α,β-unsaturated/α-hetero) is 2. The minimum Gasteiger partial charge on any atom is -0.290 e. The molecule has 9 rings (SSSR count). The summed E-state index contributed by atoms with van der Waals surface area (Å²) >= 11 is 7.34. The van der Waals surface area contributed by atoms with Crippen molar-refractivity contribution in [1.82, 2.24) is 0 Å². The van der Waals surface area contributed by atoms with Gasteiger partial charge in [0.05, 0.1) is 11.8 Å². The predicted molar refractivity (Wildman–Crippen MR) is 166 cm³/mol. The average molecular weight is 571 g/mol. The van der Waals surface area contributed by atoms with Crippen LogP contribution < -0.4 is 0 Å². The Morgan fingerprint density at radius 2 is 0.711 bits per heavy atom. The fourth-order valence-electron chi connectivity index (χ4n) is 6.80. The maximum atomic E-state index is 14.0. The highest BCUT2D eigenvalue weighted by atomic mass is 32.1. The molecule has 4 aromatic heterocycles. The summed E-state index contributed by atoms with van der Waals surface area (Å²) in [7, 11) is 0. The van der Waals surface area contributed by atoms with E-state index in [1.54, 1.807) is 0 Å². The standard InChI is InChI=1S/C32H26O2S4/c1-5-13-9-17-18-10-14(6-2)36-30(18)24-22-26-25(21(27(33)28(22)34)23(24)29(17)35-13)31-19(11-15(7-3)37-31)20-12-16(8-4)38-32(20)26/h9-12,21-22H,5-8H2,1-4H3. The van der Waals surface area contributed by atoms with Crippen LogP contribution in [-0.2, 0) is 35.3 Å². The predicted octanol–water partition coefficient (Wildman–Crippen LogP) is 9.52. The van der Waals surface area contributed by atoms with Gasteiger partial charge in [-0.3, -0.25) is 9.59 Å². The van der Waals surface area contributed by atoms with Crippen LogP contribution >= 0.6 is 45.3 Å². The van der Waals surface area contributed by atoms with Crippen molar-refractivity contribution < 1.29 is 9.59 Å². The quantitative estimate of drug-likeness (QED) is 0.198. The molecule has 0 aliphatic heterocycles. The van der Waals surface area contributed by atoms with E-state index in [1.807, 2.05) is 45.3 Å². The van der Waals surface area contributed by atoms with Gasteiger partial charge in [-0.25, -0.2) is 0 Å². The van der Waals surface area contributed by atoms with E-state index in [4.69, 9.17) is 0 Å². The fourth-order valence-corrected chi connectivity index (χ4v) is 11.6. The van der Waals surface area contributed by atoms with E-state index in [-0.39, 0.29) is 11.6 Å². The molecule has 4 heterocycles. The highest BCUT2D eigenvalue weighted by Gasteiger charge is 2.53. The molecule has 0 atom stereocenters. The highest BCUT2D eigenvalue weighted by Crippen LogP contribution is 2.61. The minimum absolute atomic E-state index is 0.200. The van der Waals surface area contributed by atoms with Crippen LogP contribution in [0.3, 0.4) is 0 Å². The second kappa shape index (κ2) is 8.07. The molecular formula is C32H26O2S4. The maximum Gasteiger partial charge on any atom is 0.211 e. The largest absolute Gasteiger partial charge is 0.290 e. The third kappa shape index (κ3) is 2.77. The maximum absolute atomic E-state index is 14.0. The molecule has 6 heteroatoms. The van der Waals surface area contributed by atoms with Gasteiger partial charge >= 0.3 is 0 Å². The van der Waals surface area contributed by atoms with Crippen LogP contribution in [0, 0.1) is 0 Å². The molecule has 0 radical (unpaired) electrons. The van der Waals surface area contributed by atoms with E-state index in [0.717, 1.165) is 47.9 Å². The van der Waals surface area contributed by atoms with E-state index in [9.17, 15) is 9.59 Å². The van der Waals surface area contributed by atoms with Crippen molar-refractivity contribution in [3.8, 4) is 0 Å². The van der Waals surface area contributed by atoms with Crippen LogP contribution in [0.15, 0.2) is 24.3 Å². The van der Waals surface area contributed by atoms with Crippen molar-refractivity contribution in [2.45, 2.75) is 65.2 Å². The molecule has 0 saturated carbocycles. The molecule has 2 nitrogen and oxygen atoms in total. The van der Waals surface area contributed by atoms with E-state index in [2.05, 4.69) is 52.0 Å². The Balaban J connectivity index is 1.61. The van der Waals surface area contributed by atoms with Gasteiger partial charge in [0.15, 0.2) is 0 Å². The van der Waals surface area contributed by atoms with E-state index >= 15 is 0 Å². The number of carbonyl (C=O) groups excluding carboxylic acids is 2. The van der Waals surface area contributed by atoms with Crippen molar-refractivity contribution in [2.75, 3.05) is 0 Å². The summed E-state index contributed by atoms with van der Waals surface area (Å²) in [6.07, 6.45) is 3.90. The van der Waals surface area contributed by atoms with E-state index < -0.39 is 11.8 Å². The Kier molecular flexibility index (Phi) is 4.99. The molecule has 0 spiro atoms. The molecule has 0 N–H and O–H groups in total. The molecule has 3 aliphatic rings. The molecule has 2 bridgehead atoms. The van der Waals surface area contributed by atoms with Gasteiger partial charge in [0.25, 0.3) is 0 Å². The van der Waals surface area contributed by atoms with Gasteiger partial charge < -0.3 is 0 Å². The molecule has 0 saturated heterocycles. The monoisotopic (exact) mass is 570 g/mol. The zero-order chi connectivity index (χ0) is 26.0. The van der Waals surface area contributed by atoms with Crippen LogP contribution in [-0.4, -0.2) is 11.6 Å². The van der Waals surface area contributed by atoms with Crippen LogP contribution in [0.4, 0.5) is 0 Å². The summed E-state index contributed by atoms with van der Waals surface area (Å²) in [4.78, 5) is 33.4. The Bertz CT molecular complexity index is 1750. The Hall–Kier alpha value is -2.38. The van der Waals surface area contributed by atoms with Crippen molar-refractivity contribution in [1.29, 1.82) is 0 Å². The summed E-state index contributed by atoms with van der Waals surface area (Å²) < 4.78 is 4.92. The molecule has 0 amide bonds. The van der Waals surface area contributed by atoms with E-state index in [1.165, 1.54) is 59.9 Å². The number of hydrogen-bond acceptors (Lipinski definition) is 6. The number of thiophene rings is 4. The Morgan fingerprint density at radius 3 is 0.921 bits per heavy atom. The highest BCUT2D eigenvalue weighted by molar-refractivity contribution is 7.22. The lowest BCUT2D eigenvalue weighted by molar-refractivity contribution is -0.138. The average Bonchev–Trinajstić information content (AvgIpc) is 3.72. The molecule has 38 heavy (non-hydrogen) atoms. The Labute approximate surface area is 236 Å². The van der Waals surface area contributed by atoms with E-state index in [0.29, 0.717) is 0 Å². The number of rotatable bonds is 4. The van der Waals surface area contributed by atoms with Gasteiger partial charge in [-0.05, 0) is 72.2 Å². The third-order valence-corrected chi connectivity index (χ3v) is 13.8. The molecule has 2 aromatic carbocycles. The summed E-state index contributed by atoms with van der Waals surface area (Å²) in [5.74, 6) is -1.40. The van der Waals surface area contributed by atoms with Gasteiger partial charge in [0.2, 0.25) is 11.6 Å². The first kappa shape index (κ1) is 23.5. The number of fused-ring (bicyclic) bond motifs is 7. The first-order valence-corrected chi connectivity index (χ1v) is 16.8. The molecule has 190 valence electrons. The number of hydrogen-bond donors (Lipinski definition) is 0. The number of aryl methyl sites for hydroxylation is 4. The first-order chi connectivity index (χ1) is 18.5. The Morgan fingerprint density at radius 1 is 0.474 bits per heavy atom.